The van der Waals surface area contributed by atoms with Gasteiger partial charge in [0.1, 0.15) is 17.0 Å². The molecule has 0 aliphatic carbocycles. The van der Waals surface area contributed by atoms with Crippen LogP contribution in [0.3, 0.4) is 0 Å². The standard InChI is InChI=1S/C19H19Cl2NO4S/c1-19(2)23-11-14(26-19)9-16(12-8-15(20)17(21)22-10-12)25-18(27)24-13-6-4-3-5-7-13/h3-8,10,14,16H,9,11H2,1-2H3/t14-,16?/m1/s1. The number of rotatable bonds is 5. The molecule has 2 aromatic rings. The maximum Gasteiger partial charge on any atom is 0.358 e. The summed E-state index contributed by atoms with van der Waals surface area (Å²) in [5.41, 5.74) is 0.719. The van der Waals surface area contributed by atoms with Crippen molar-refractivity contribution in [1.29, 1.82) is 0 Å². The van der Waals surface area contributed by atoms with Crippen LogP contribution in [-0.2, 0) is 14.2 Å². The monoisotopic (exact) mass is 427 g/mol. The molecule has 5 nitrogen and oxygen atoms in total. The van der Waals surface area contributed by atoms with Crippen molar-refractivity contribution >= 4 is 40.7 Å². The Balaban J connectivity index is 1.74. The Morgan fingerprint density at radius 2 is 2.07 bits per heavy atom. The highest BCUT2D eigenvalue weighted by Gasteiger charge is 2.35. The molecule has 2 atom stereocenters. The Morgan fingerprint density at radius 1 is 1.33 bits per heavy atom. The molecule has 1 saturated heterocycles. The van der Waals surface area contributed by atoms with Gasteiger partial charge in [0.05, 0.1) is 17.7 Å². The largest absolute Gasteiger partial charge is 0.448 e. The van der Waals surface area contributed by atoms with Crippen molar-refractivity contribution in [2.75, 3.05) is 6.61 Å². The predicted octanol–water partition coefficient (Wildman–Crippen LogP) is 5.35. The van der Waals surface area contributed by atoms with Gasteiger partial charge in [0, 0.05) is 30.4 Å². The summed E-state index contributed by atoms with van der Waals surface area (Å²) in [6, 6.07) is 10.9. The van der Waals surface area contributed by atoms with E-state index in [9.17, 15) is 0 Å². The van der Waals surface area contributed by atoms with Gasteiger partial charge in [-0.25, -0.2) is 4.98 Å². The number of pyridine rings is 1. The molecule has 1 aliphatic heterocycles. The molecule has 1 aromatic carbocycles. The molecule has 27 heavy (non-hydrogen) atoms. The summed E-state index contributed by atoms with van der Waals surface area (Å²) in [4.78, 5) is 4.09. The molecule has 144 valence electrons. The zero-order valence-corrected chi connectivity index (χ0v) is 17.2. The number of benzene rings is 1. The molecule has 1 fully saturated rings. The molecule has 1 aliphatic rings. The second-order valence-corrected chi connectivity index (χ2v) is 7.60. The third kappa shape index (κ3) is 5.77. The molecule has 0 spiro atoms. The van der Waals surface area contributed by atoms with Crippen molar-refractivity contribution in [3.05, 3.63) is 58.3 Å². The van der Waals surface area contributed by atoms with Gasteiger partial charge < -0.3 is 18.9 Å². The van der Waals surface area contributed by atoms with E-state index in [-0.39, 0.29) is 16.5 Å². The average molecular weight is 428 g/mol. The molecular weight excluding hydrogens is 409 g/mol. The molecule has 3 rings (SSSR count). The minimum absolute atomic E-state index is 0.00421. The summed E-state index contributed by atoms with van der Waals surface area (Å²) in [6.07, 6.45) is 1.44. The van der Waals surface area contributed by atoms with Crippen LogP contribution in [-0.4, -0.2) is 28.7 Å². The van der Waals surface area contributed by atoms with Gasteiger partial charge >= 0.3 is 5.24 Å². The van der Waals surface area contributed by atoms with Gasteiger partial charge in [-0.3, -0.25) is 0 Å². The van der Waals surface area contributed by atoms with Crippen LogP contribution in [0.4, 0.5) is 0 Å². The first-order chi connectivity index (χ1) is 12.8. The van der Waals surface area contributed by atoms with Gasteiger partial charge in [0.15, 0.2) is 5.79 Å². The van der Waals surface area contributed by atoms with E-state index in [0.29, 0.717) is 23.8 Å². The Bertz CT molecular complexity index is 804. The highest BCUT2D eigenvalue weighted by molar-refractivity contribution is 7.79. The second-order valence-electron chi connectivity index (χ2n) is 6.50. The molecular formula is C19H19Cl2NO4S. The number of ether oxygens (including phenoxy) is 4. The van der Waals surface area contributed by atoms with Crippen LogP contribution in [0.1, 0.15) is 31.9 Å². The number of aromatic nitrogens is 1. The van der Waals surface area contributed by atoms with Crippen molar-refractivity contribution in [3.8, 4) is 5.75 Å². The van der Waals surface area contributed by atoms with E-state index in [1.54, 1.807) is 24.4 Å². The van der Waals surface area contributed by atoms with Gasteiger partial charge in [-0.15, -0.1) is 0 Å². The van der Waals surface area contributed by atoms with Gasteiger partial charge in [0.25, 0.3) is 0 Å². The Morgan fingerprint density at radius 3 is 2.70 bits per heavy atom. The summed E-state index contributed by atoms with van der Waals surface area (Å²) in [5, 5.41) is 0.556. The molecule has 1 aromatic heterocycles. The van der Waals surface area contributed by atoms with Crippen LogP contribution < -0.4 is 4.74 Å². The molecule has 0 N–H and O–H groups in total. The molecule has 8 heteroatoms. The van der Waals surface area contributed by atoms with Crippen LogP contribution >= 0.6 is 35.4 Å². The second kappa shape index (κ2) is 8.71. The van der Waals surface area contributed by atoms with Gasteiger partial charge in [-0.05, 0) is 32.0 Å². The predicted molar refractivity (Wildman–Crippen MR) is 107 cm³/mol. The maximum absolute atomic E-state index is 6.12. The lowest BCUT2D eigenvalue weighted by molar-refractivity contribution is -0.141. The molecule has 1 unspecified atom stereocenters. The van der Waals surface area contributed by atoms with E-state index in [2.05, 4.69) is 4.98 Å². The Kier molecular flexibility index (Phi) is 6.55. The van der Waals surface area contributed by atoms with Crippen molar-refractivity contribution < 1.29 is 18.9 Å². The number of nitrogens with zero attached hydrogens (tertiary/aromatic N) is 1. The SMILES string of the molecule is CC1(C)OC[C@@H](CC(OC(=S)Oc2ccccc2)c2cnc(Cl)c(Cl)c2)O1. The highest BCUT2D eigenvalue weighted by Crippen LogP contribution is 2.33. The molecule has 0 bridgehead atoms. The fourth-order valence-corrected chi connectivity index (χ4v) is 3.20. The summed E-state index contributed by atoms with van der Waals surface area (Å²) in [7, 11) is 0. The molecule has 0 radical (unpaired) electrons. The normalized spacial score (nSPS) is 19.5. The van der Waals surface area contributed by atoms with Gasteiger partial charge in [0.2, 0.25) is 0 Å². The van der Waals surface area contributed by atoms with E-state index in [0.717, 1.165) is 5.56 Å². The summed E-state index contributed by atoms with van der Waals surface area (Å²) >= 11 is 17.3. The van der Waals surface area contributed by atoms with Crippen molar-refractivity contribution in [1.82, 2.24) is 4.98 Å². The third-order valence-corrected chi connectivity index (χ3v) is 4.78. The van der Waals surface area contributed by atoms with Crippen LogP contribution in [0.25, 0.3) is 0 Å². The lowest BCUT2D eigenvalue weighted by Crippen LogP contribution is -2.24. The van der Waals surface area contributed by atoms with Crippen molar-refractivity contribution in [2.24, 2.45) is 0 Å². The van der Waals surface area contributed by atoms with Crippen LogP contribution in [0.5, 0.6) is 5.75 Å². The molecule has 2 heterocycles. The van der Waals surface area contributed by atoms with E-state index >= 15 is 0 Å². The zero-order chi connectivity index (χ0) is 19.4. The van der Waals surface area contributed by atoms with Gasteiger partial charge in [-0.1, -0.05) is 41.4 Å². The maximum atomic E-state index is 6.12. The number of thiocarbonyl (C=S) groups is 1. The Hall–Kier alpha value is -1.44. The number of hydrogen-bond acceptors (Lipinski definition) is 6. The summed E-state index contributed by atoms with van der Waals surface area (Å²) in [5.74, 6) is -0.0401. The fourth-order valence-electron chi connectivity index (χ4n) is 2.71. The van der Waals surface area contributed by atoms with Crippen molar-refractivity contribution in [3.63, 3.8) is 0 Å². The van der Waals surface area contributed by atoms with E-state index < -0.39 is 11.9 Å². The molecule has 0 saturated carbocycles. The van der Waals surface area contributed by atoms with E-state index in [4.69, 9.17) is 54.4 Å². The highest BCUT2D eigenvalue weighted by atomic mass is 35.5. The molecule has 0 amide bonds. The quantitative estimate of drug-likeness (QED) is 0.473. The zero-order valence-electron chi connectivity index (χ0n) is 14.9. The average Bonchev–Trinajstić information content (AvgIpc) is 2.96. The lowest BCUT2D eigenvalue weighted by Gasteiger charge is -2.23. The first-order valence-corrected chi connectivity index (χ1v) is 9.55. The first-order valence-electron chi connectivity index (χ1n) is 8.38. The topological polar surface area (TPSA) is 49.8 Å². The summed E-state index contributed by atoms with van der Waals surface area (Å²) in [6.45, 7) is 4.19. The number of hydrogen-bond donors (Lipinski definition) is 0. The number of para-hydroxylation sites is 1. The van der Waals surface area contributed by atoms with E-state index in [1.165, 1.54) is 0 Å². The Labute approximate surface area is 173 Å². The lowest BCUT2D eigenvalue weighted by atomic mass is 10.1. The van der Waals surface area contributed by atoms with Crippen LogP contribution in [0.2, 0.25) is 10.2 Å². The smallest absolute Gasteiger partial charge is 0.358 e. The fraction of sp³-hybridized carbons (Fsp3) is 0.368. The van der Waals surface area contributed by atoms with E-state index in [1.807, 2.05) is 32.0 Å². The van der Waals surface area contributed by atoms with Crippen LogP contribution in [0, 0.1) is 0 Å². The number of halogens is 2. The minimum atomic E-state index is -0.633. The van der Waals surface area contributed by atoms with Crippen molar-refractivity contribution in [2.45, 2.75) is 38.3 Å². The van der Waals surface area contributed by atoms with Crippen LogP contribution in [0.15, 0.2) is 42.6 Å². The van der Waals surface area contributed by atoms with Gasteiger partial charge in [-0.2, -0.15) is 0 Å². The summed E-state index contributed by atoms with van der Waals surface area (Å²) < 4.78 is 23.0. The minimum Gasteiger partial charge on any atom is -0.448 e. The third-order valence-electron chi connectivity index (χ3n) is 3.92. The first kappa shape index (κ1) is 20.3.